The average molecular weight is 194 g/mol. The first-order valence-corrected chi connectivity index (χ1v) is 4.17. The number of halogens is 2. The SMILES string of the molecule is CC(NCCC(=O)N(C)C)C(F)F. The van der Waals surface area contributed by atoms with Crippen molar-refractivity contribution in [1.29, 1.82) is 0 Å². The molecule has 0 saturated heterocycles. The van der Waals surface area contributed by atoms with Gasteiger partial charge in [0.2, 0.25) is 5.91 Å². The monoisotopic (exact) mass is 194 g/mol. The molecule has 0 aliphatic carbocycles. The van der Waals surface area contributed by atoms with Gasteiger partial charge in [-0.15, -0.1) is 0 Å². The van der Waals surface area contributed by atoms with Gasteiger partial charge in [0.25, 0.3) is 6.43 Å². The van der Waals surface area contributed by atoms with Crippen molar-refractivity contribution in [2.75, 3.05) is 20.6 Å². The van der Waals surface area contributed by atoms with Crippen molar-refractivity contribution in [3.05, 3.63) is 0 Å². The van der Waals surface area contributed by atoms with Crippen LogP contribution in [-0.4, -0.2) is 43.9 Å². The second-order valence-electron chi connectivity index (χ2n) is 3.12. The molecule has 78 valence electrons. The van der Waals surface area contributed by atoms with E-state index >= 15 is 0 Å². The molecule has 0 aliphatic heterocycles. The van der Waals surface area contributed by atoms with Crippen LogP contribution in [0.3, 0.4) is 0 Å². The molecule has 0 bridgehead atoms. The number of carbonyl (C=O) groups excluding carboxylic acids is 1. The van der Waals surface area contributed by atoms with Crippen molar-refractivity contribution in [3.63, 3.8) is 0 Å². The van der Waals surface area contributed by atoms with Crippen LogP contribution < -0.4 is 5.32 Å². The minimum atomic E-state index is -2.38. The molecular formula is C8H16F2N2O. The van der Waals surface area contributed by atoms with Crippen LogP contribution in [0.5, 0.6) is 0 Å². The maximum absolute atomic E-state index is 12.0. The summed E-state index contributed by atoms with van der Waals surface area (Å²) >= 11 is 0. The summed E-state index contributed by atoms with van der Waals surface area (Å²) in [7, 11) is 3.28. The zero-order valence-electron chi connectivity index (χ0n) is 8.18. The first kappa shape index (κ1) is 12.3. The quantitative estimate of drug-likeness (QED) is 0.699. The van der Waals surface area contributed by atoms with Crippen LogP contribution in [0.4, 0.5) is 8.78 Å². The third kappa shape index (κ3) is 5.52. The number of carbonyl (C=O) groups is 1. The van der Waals surface area contributed by atoms with Crippen LogP contribution in [0.2, 0.25) is 0 Å². The molecule has 0 fully saturated rings. The van der Waals surface area contributed by atoms with Crippen molar-refractivity contribution >= 4 is 5.91 Å². The summed E-state index contributed by atoms with van der Waals surface area (Å²) in [4.78, 5) is 12.4. The second-order valence-corrected chi connectivity index (χ2v) is 3.12. The van der Waals surface area contributed by atoms with E-state index in [1.54, 1.807) is 14.1 Å². The molecule has 0 aromatic rings. The van der Waals surface area contributed by atoms with Crippen LogP contribution in [0.25, 0.3) is 0 Å². The van der Waals surface area contributed by atoms with Crippen LogP contribution in [0.1, 0.15) is 13.3 Å². The standard InChI is InChI=1S/C8H16F2N2O/c1-6(8(9)10)11-5-4-7(13)12(2)3/h6,8,11H,4-5H2,1-3H3. The van der Waals surface area contributed by atoms with Gasteiger partial charge in [-0.05, 0) is 6.92 Å². The summed E-state index contributed by atoms with van der Waals surface area (Å²) in [5, 5.41) is 2.57. The third-order valence-corrected chi connectivity index (χ3v) is 1.68. The van der Waals surface area contributed by atoms with Gasteiger partial charge < -0.3 is 10.2 Å². The molecule has 1 unspecified atom stereocenters. The number of hydrogen-bond donors (Lipinski definition) is 1. The molecule has 0 radical (unpaired) electrons. The van der Waals surface area contributed by atoms with Gasteiger partial charge in [-0.3, -0.25) is 4.79 Å². The van der Waals surface area contributed by atoms with Gasteiger partial charge in [-0.2, -0.15) is 0 Å². The summed E-state index contributed by atoms with van der Waals surface area (Å²) in [6, 6.07) is -0.852. The lowest BCUT2D eigenvalue weighted by Crippen LogP contribution is -2.35. The maximum Gasteiger partial charge on any atom is 0.253 e. The van der Waals surface area contributed by atoms with Gasteiger partial charge in [0, 0.05) is 27.1 Å². The van der Waals surface area contributed by atoms with Crippen molar-refractivity contribution in [3.8, 4) is 0 Å². The van der Waals surface area contributed by atoms with E-state index in [1.807, 2.05) is 0 Å². The normalized spacial score (nSPS) is 13.1. The van der Waals surface area contributed by atoms with Crippen LogP contribution >= 0.6 is 0 Å². The first-order valence-electron chi connectivity index (χ1n) is 4.17. The fraction of sp³-hybridized carbons (Fsp3) is 0.875. The summed E-state index contributed by atoms with van der Waals surface area (Å²) in [5.41, 5.74) is 0. The lowest BCUT2D eigenvalue weighted by molar-refractivity contribution is -0.128. The van der Waals surface area contributed by atoms with E-state index < -0.39 is 12.5 Å². The molecule has 5 heteroatoms. The summed E-state index contributed by atoms with van der Waals surface area (Å²) in [6.45, 7) is 1.69. The number of nitrogens with zero attached hydrogens (tertiary/aromatic N) is 1. The maximum atomic E-state index is 12.0. The lowest BCUT2D eigenvalue weighted by Gasteiger charge is -2.14. The van der Waals surface area contributed by atoms with E-state index in [0.717, 1.165) is 0 Å². The Bertz CT molecular complexity index is 162. The van der Waals surface area contributed by atoms with Gasteiger partial charge in [-0.1, -0.05) is 0 Å². The van der Waals surface area contributed by atoms with E-state index in [9.17, 15) is 13.6 Å². The fourth-order valence-corrected chi connectivity index (χ4v) is 0.719. The predicted molar refractivity (Wildman–Crippen MR) is 46.8 cm³/mol. The molecule has 1 amide bonds. The Balaban J connectivity index is 3.51. The van der Waals surface area contributed by atoms with Gasteiger partial charge in [0.05, 0.1) is 6.04 Å². The van der Waals surface area contributed by atoms with E-state index in [-0.39, 0.29) is 12.3 Å². The van der Waals surface area contributed by atoms with Crippen molar-refractivity contribution in [2.45, 2.75) is 25.8 Å². The average Bonchev–Trinajstić information content (AvgIpc) is 2.03. The molecule has 1 atom stereocenters. The molecule has 0 rings (SSSR count). The Morgan fingerprint density at radius 3 is 2.38 bits per heavy atom. The number of alkyl halides is 2. The van der Waals surface area contributed by atoms with Gasteiger partial charge >= 0.3 is 0 Å². The summed E-state index contributed by atoms with van der Waals surface area (Å²) in [5.74, 6) is -0.0611. The highest BCUT2D eigenvalue weighted by Gasteiger charge is 2.13. The minimum Gasteiger partial charge on any atom is -0.349 e. The molecular weight excluding hydrogens is 178 g/mol. The lowest BCUT2D eigenvalue weighted by atomic mass is 10.3. The molecule has 1 N–H and O–H groups in total. The predicted octanol–water partition coefficient (Wildman–Crippen LogP) is 0.708. The minimum absolute atomic E-state index is 0.0611. The Morgan fingerprint density at radius 2 is 2.00 bits per heavy atom. The van der Waals surface area contributed by atoms with Crippen LogP contribution in [0.15, 0.2) is 0 Å². The number of rotatable bonds is 5. The smallest absolute Gasteiger partial charge is 0.253 e. The van der Waals surface area contributed by atoms with Crippen LogP contribution in [0, 0.1) is 0 Å². The number of amides is 1. The Labute approximate surface area is 77.1 Å². The van der Waals surface area contributed by atoms with Crippen molar-refractivity contribution in [2.24, 2.45) is 0 Å². The molecule has 0 saturated carbocycles. The Morgan fingerprint density at radius 1 is 1.46 bits per heavy atom. The molecule has 0 heterocycles. The molecule has 0 aliphatic rings. The highest BCUT2D eigenvalue weighted by atomic mass is 19.3. The molecule has 13 heavy (non-hydrogen) atoms. The van der Waals surface area contributed by atoms with Gasteiger partial charge in [0.15, 0.2) is 0 Å². The molecule has 3 nitrogen and oxygen atoms in total. The zero-order chi connectivity index (χ0) is 10.4. The Kier molecular flexibility index (Phi) is 5.53. The van der Waals surface area contributed by atoms with E-state index in [0.29, 0.717) is 6.54 Å². The molecule has 0 spiro atoms. The largest absolute Gasteiger partial charge is 0.349 e. The third-order valence-electron chi connectivity index (χ3n) is 1.68. The summed E-state index contributed by atoms with van der Waals surface area (Å²) in [6.07, 6.45) is -2.13. The fourth-order valence-electron chi connectivity index (χ4n) is 0.719. The van der Waals surface area contributed by atoms with E-state index in [4.69, 9.17) is 0 Å². The van der Waals surface area contributed by atoms with Gasteiger partial charge in [0.1, 0.15) is 0 Å². The zero-order valence-corrected chi connectivity index (χ0v) is 8.18. The second kappa shape index (κ2) is 5.85. The van der Waals surface area contributed by atoms with Crippen LogP contribution in [-0.2, 0) is 4.79 Å². The topological polar surface area (TPSA) is 32.3 Å². The van der Waals surface area contributed by atoms with E-state index in [1.165, 1.54) is 11.8 Å². The van der Waals surface area contributed by atoms with E-state index in [2.05, 4.69) is 5.32 Å². The van der Waals surface area contributed by atoms with Crippen molar-refractivity contribution in [1.82, 2.24) is 10.2 Å². The number of nitrogens with one attached hydrogen (secondary N) is 1. The highest BCUT2D eigenvalue weighted by molar-refractivity contribution is 5.75. The van der Waals surface area contributed by atoms with Gasteiger partial charge in [-0.25, -0.2) is 8.78 Å². The Hall–Kier alpha value is -0.710. The molecule has 0 aromatic carbocycles. The summed E-state index contributed by atoms with van der Waals surface area (Å²) < 4.78 is 23.9. The first-order chi connectivity index (χ1) is 5.95. The highest BCUT2D eigenvalue weighted by Crippen LogP contribution is 1.99. The number of hydrogen-bond acceptors (Lipinski definition) is 2. The van der Waals surface area contributed by atoms with Crippen molar-refractivity contribution < 1.29 is 13.6 Å². The molecule has 0 aromatic heterocycles.